The van der Waals surface area contributed by atoms with E-state index in [2.05, 4.69) is 10.6 Å². The second-order valence-electron chi connectivity index (χ2n) is 8.59. The van der Waals surface area contributed by atoms with Gasteiger partial charge in [0.25, 0.3) is 0 Å². The summed E-state index contributed by atoms with van der Waals surface area (Å²) in [6, 6.07) is 16.9. The van der Waals surface area contributed by atoms with Gasteiger partial charge in [-0.3, -0.25) is 4.79 Å². The summed E-state index contributed by atoms with van der Waals surface area (Å²) in [4.78, 5) is 27.2. The van der Waals surface area contributed by atoms with Crippen molar-refractivity contribution in [3.8, 4) is 0 Å². The van der Waals surface area contributed by atoms with Crippen LogP contribution in [0.1, 0.15) is 44.4 Å². The summed E-state index contributed by atoms with van der Waals surface area (Å²) in [6.07, 6.45) is 1.06. The first-order valence-corrected chi connectivity index (χ1v) is 11.5. The van der Waals surface area contributed by atoms with Crippen LogP contribution in [0.25, 0.3) is 0 Å². The molecule has 0 fully saturated rings. The van der Waals surface area contributed by atoms with Crippen LogP contribution in [0.4, 0.5) is 5.69 Å². The second kappa shape index (κ2) is 11.1. The molecule has 0 radical (unpaired) electrons. The molecule has 1 aliphatic rings. The van der Waals surface area contributed by atoms with Gasteiger partial charge in [-0.15, -0.1) is 0 Å². The van der Waals surface area contributed by atoms with Crippen LogP contribution in [0.5, 0.6) is 0 Å². The largest absolute Gasteiger partial charge is 0.462 e. The first-order chi connectivity index (χ1) is 15.8. The van der Waals surface area contributed by atoms with Crippen molar-refractivity contribution in [2.24, 2.45) is 5.92 Å². The van der Waals surface area contributed by atoms with Crippen molar-refractivity contribution in [3.05, 3.63) is 77.0 Å². The number of rotatable bonds is 8. The van der Waals surface area contributed by atoms with E-state index in [1.54, 1.807) is 4.90 Å². The number of aryl methyl sites for hydroxylation is 1. The average molecular weight is 466 g/mol. The van der Waals surface area contributed by atoms with E-state index < -0.39 is 6.04 Å². The molecule has 33 heavy (non-hydrogen) atoms. The van der Waals surface area contributed by atoms with Crippen molar-refractivity contribution < 1.29 is 14.3 Å². The highest BCUT2D eigenvalue weighted by atomic mass is 32.1. The SMILES string of the molecule is CC1=C(C(=O)OCC(C)C)C(c2cccc(NC(=O)CCc3ccccc3)c2)NC(=S)N1C. The number of nitrogens with zero attached hydrogens (tertiary/aromatic N) is 1. The molecule has 0 spiro atoms. The van der Waals surface area contributed by atoms with Gasteiger partial charge in [0.1, 0.15) is 0 Å². The molecule has 174 valence electrons. The zero-order chi connectivity index (χ0) is 24.0. The summed E-state index contributed by atoms with van der Waals surface area (Å²) in [5.74, 6) is -0.199. The molecular formula is C26H31N3O3S. The topological polar surface area (TPSA) is 70.7 Å². The molecule has 0 aliphatic carbocycles. The number of benzene rings is 2. The number of hydrogen-bond acceptors (Lipinski definition) is 4. The number of nitrogens with one attached hydrogen (secondary N) is 2. The molecule has 1 unspecified atom stereocenters. The van der Waals surface area contributed by atoms with E-state index in [4.69, 9.17) is 17.0 Å². The Bertz CT molecular complexity index is 1050. The van der Waals surface area contributed by atoms with Gasteiger partial charge < -0.3 is 20.3 Å². The number of thiocarbonyl (C=S) groups is 1. The minimum absolute atomic E-state index is 0.0638. The van der Waals surface area contributed by atoms with E-state index in [0.717, 1.165) is 16.8 Å². The normalized spacial score (nSPS) is 16.0. The van der Waals surface area contributed by atoms with Crippen molar-refractivity contribution in [3.63, 3.8) is 0 Å². The first-order valence-electron chi connectivity index (χ1n) is 11.1. The molecule has 0 saturated heterocycles. The van der Waals surface area contributed by atoms with Gasteiger partial charge in [0.2, 0.25) is 5.91 Å². The first kappa shape index (κ1) is 24.5. The number of amides is 1. The van der Waals surface area contributed by atoms with Gasteiger partial charge in [0.15, 0.2) is 5.11 Å². The van der Waals surface area contributed by atoms with Crippen LogP contribution < -0.4 is 10.6 Å². The summed E-state index contributed by atoms with van der Waals surface area (Å²) < 4.78 is 5.54. The number of anilines is 1. The highest BCUT2D eigenvalue weighted by Gasteiger charge is 2.33. The van der Waals surface area contributed by atoms with Gasteiger partial charge in [-0.05, 0) is 54.7 Å². The molecule has 2 N–H and O–H groups in total. The van der Waals surface area contributed by atoms with Crippen molar-refractivity contribution >= 4 is 34.9 Å². The lowest BCUT2D eigenvalue weighted by atomic mass is 9.94. The predicted octanol–water partition coefficient (Wildman–Crippen LogP) is 4.59. The fourth-order valence-corrected chi connectivity index (χ4v) is 3.85. The van der Waals surface area contributed by atoms with Crippen molar-refractivity contribution in [1.82, 2.24) is 10.2 Å². The van der Waals surface area contributed by atoms with Gasteiger partial charge >= 0.3 is 5.97 Å². The number of ether oxygens (including phenoxy) is 1. The predicted molar refractivity (Wildman–Crippen MR) is 135 cm³/mol. The Labute approximate surface area is 201 Å². The average Bonchev–Trinajstić information content (AvgIpc) is 2.80. The summed E-state index contributed by atoms with van der Waals surface area (Å²) in [5.41, 5.74) is 3.87. The molecule has 1 heterocycles. The molecular weight excluding hydrogens is 434 g/mol. The fourth-order valence-electron chi connectivity index (χ4n) is 3.59. The Morgan fingerprint density at radius 3 is 2.58 bits per heavy atom. The molecule has 1 amide bonds. The van der Waals surface area contributed by atoms with Crippen LogP contribution in [-0.4, -0.2) is 35.5 Å². The van der Waals surface area contributed by atoms with E-state index in [0.29, 0.717) is 35.8 Å². The summed E-state index contributed by atoms with van der Waals surface area (Å²) in [5, 5.41) is 6.73. The van der Waals surface area contributed by atoms with Gasteiger partial charge in [0, 0.05) is 24.9 Å². The molecule has 0 aromatic heterocycles. The maximum Gasteiger partial charge on any atom is 0.338 e. The molecule has 3 rings (SSSR count). The third kappa shape index (κ3) is 6.42. The molecule has 2 aromatic carbocycles. The Morgan fingerprint density at radius 1 is 1.15 bits per heavy atom. The molecule has 7 heteroatoms. The van der Waals surface area contributed by atoms with Gasteiger partial charge in [0.05, 0.1) is 18.2 Å². The lowest BCUT2D eigenvalue weighted by molar-refractivity contribution is -0.140. The minimum atomic E-state index is -0.463. The maximum atomic E-state index is 13.0. The van der Waals surface area contributed by atoms with Crippen LogP contribution >= 0.6 is 12.2 Å². The van der Waals surface area contributed by atoms with Crippen LogP contribution in [-0.2, 0) is 20.7 Å². The molecule has 0 bridgehead atoms. The zero-order valence-electron chi connectivity index (χ0n) is 19.6. The highest BCUT2D eigenvalue weighted by molar-refractivity contribution is 7.80. The Morgan fingerprint density at radius 2 is 1.88 bits per heavy atom. The third-order valence-corrected chi connectivity index (χ3v) is 5.90. The standard InChI is InChI=1S/C26H31N3O3S/c1-17(2)16-32-25(31)23-18(3)29(4)26(33)28-24(23)20-11-8-12-21(15-20)27-22(30)14-13-19-9-6-5-7-10-19/h5-12,15,17,24H,13-14,16H2,1-4H3,(H,27,30)(H,28,33). The summed E-state index contributed by atoms with van der Waals surface area (Å²) in [6.45, 7) is 6.20. The quantitative estimate of drug-likeness (QED) is 0.439. The van der Waals surface area contributed by atoms with E-state index in [9.17, 15) is 9.59 Å². The second-order valence-corrected chi connectivity index (χ2v) is 8.98. The zero-order valence-corrected chi connectivity index (χ0v) is 20.4. The third-order valence-electron chi connectivity index (χ3n) is 5.51. The smallest absolute Gasteiger partial charge is 0.338 e. The van der Waals surface area contributed by atoms with Gasteiger partial charge in [-0.1, -0.05) is 56.3 Å². The number of carbonyl (C=O) groups is 2. The highest BCUT2D eigenvalue weighted by Crippen LogP contribution is 2.32. The fraction of sp³-hybridized carbons (Fsp3) is 0.346. The summed E-state index contributed by atoms with van der Waals surface area (Å²) in [7, 11) is 1.82. The van der Waals surface area contributed by atoms with Crippen LogP contribution in [0, 0.1) is 5.92 Å². The van der Waals surface area contributed by atoms with Crippen molar-refractivity contribution in [1.29, 1.82) is 0 Å². The van der Waals surface area contributed by atoms with E-state index in [1.807, 2.05) is 82.4 Å². The lowest BCUT2D eigenvalue weighted by Crippen LogP contribution is -2.46. The lowest BCUT2D eigenvalue weighted by Gasteiger charge is -2.35. The van der Waals surface area contributed by atoms with Crippen molar-refractivity contribution in [2.45, 2.75) is 39.7 Å². The van der Waals surface area contributed by atoms with Gasteiger partial charge in [-0.25, -0.2) is 4.79 Å². The Balaban J connectivity index is 1.78. The van der Waals surface area contributed by atoms with E-state index >= 15 is 0 Å². The number of allylic oxidation sites excluding steroid dienone is 1. The number of esters is 1. The van der Waals surface area contributed by atoms with Crippen molar-refractivity contribution in [2.75, 3.05) is 19.0 Å². The minimum Gasteiger partial charge on any atom is -0.462 e. The van der Waals surface area contributed by atoms with Crippen LogP contribution in [0.15, 0.2) is 65.9 Å². The van der Waals surface area contributed by atoms with Gasteiger partial charge in [-0.2, -0.15) is 0 Å². The molecule has 2 aromatic rings. The van der Waals surface area contributed by atoms with Crippen LogP contribution in [0.3, 0.4) is 0 Å². The molecule has 1 atom stereocenters. The Kier molecular flexibility index (Phi) is 8.22. The molecule has 1 aliphatic heterocycles. The molecule has 0 saturated carbocycles. The number of hydrogen-bond donors (Lipinski definition) is 2. The van der Waals surface area contributed by atoms with E-state index in [-0.39, 0.29) is 17.8 Å². The maximum absolute atomic E-state index is 13.0. The monoisotopic (exact) mass is 465 g/mol. The van der Waals surface area contributed by atoms with E-state index in [1.165, 1.54) is 0 Å². The number of carbonyl (C=O) groups excluding carboxylic acids is 2. The molecule has 6 nitrogen and oxygen atoms in total. The Hall–Kier alpha value is -3.19. The van der Waals surface area contributed by atoms with Crippen LogP contribution in [0.2, 0.25) is 0 Å². The summed E-state index contributed by atoms with van der Waals surface area (Å²) >= 11 is 5.47.